The van der Waals surface area contributed by atoms with Crippen LogP contribution in [-0.2, 0) is 0 Å². The lowest BCUT2D eigenvalue weighted by atomic mass is 10.0. The summed E-state index contributed by atoms with van der Waals surface area (Å²) in [5.74, 6) is 1.03. The van der Waals surface area contributed by atoms with E-state index in [4.69, 9.17) is 15.6 Å². The molecule has 1 unspecified atom stereocenters. The monoisotopic (exact) mass is 375 g/mol. The van der Waals surface area contributed by atoms with Crippen LogP contribution in [0.25, 0.3) is 5.70 Å². The van der Waals surface area contributed by atoms with Crippen LogP contribution in [0.3, 0.4) is 0 Å². The number of methoxy groups -OCH3 is 1. The van der Waals surface area contributed by atoms with E-state index < -0.39 is 0 Å². The molecule has 2 aromatic carbocycles. The highest BCUT2D eigenvalue weighted by Gasteiger charge is 2.36. The summed E-state index contributed by atoms with van der Waals surface area (Å²) in [7, 11) is 1.64. The predicted octanol–water partition coefficient (Wildman–Crippen LogP) is 3.30. The van der Waals surface area contributed by atoms with E-state index in [1.165, 1.54) is 11.8 Å². The Morgan fingerprint density at radius 2 is 1.78 bits per heavy atom. The van der Waals surface area contributed by atoms with E-state index in [1.807, 2.05) is 55.5 Å². The molecule has 7 heteroatoms. The third-order valence-electron chi connectivity index (χ3n) is 4.37. The SMILES string of the molecule is COc1ccc(C2=NN3C(c4ccc(C)cc4)=C(C#N)C(N)=NC3S2)cc1. The first-order valence-corrected chi connectivity index (χ1v) is 9.22. The van der Waals surface area contributed by atoms with Crippen molar-refractivity contribution in [2.45, 2.75) is 12.4 Å². The molecular formula is C20H17N5OS. The number of amidine groups is 1. The fourth-order valence-electron chi connectivity index (χ4n) is 2.94. The molecule has 0 aromatic heterocycles. The van der Waals surface area contributed by atoms with Crippen LogP contribution in [0.4, 0.5) is 0 Å². The van der Waals surface area contributed by atoms with Crippen LogP contribution in [0.2, 0.25) is 0 Å². The Kier molecular flexibility index (Phi) is 4.34. The van der Waals surface area contributed by atoms with E-state index in [-0.39, 0.29) is 11.3 Å². The number of nitrogens with zero attached hydrogens (tertiary/aromatic N) is 4. The zero-order chi connectivity index (χ0) is 19.0. The fourth-order valence-corrected chi connectivity index (χ4v) is 3.96. The Morgan fingerprint density at radius 1 is 1.11 bits per heavy atom. The summed E-state index contributed by atoms with van der Waals surface area (Å²) in [5.41, 5.74) is 9.79. The maximum Gasteiger partial charge on any atom is 0.197 e. The number of thioether (sulfide) groups is 1. The van der Waals surface area contributed by atoms with Gasteiger partial charge in [-0.05, 0) is 31.2 Å². The van der Waals surface area contributed by atoms with Crippen molar-refractivity contribution in [1.82, 2.24) is 5.01 Å². The molecule has 2 aliphatic heterocycles. The highest BCUT2D eigenvalue weighted by atomic mass is 32.2. The summed E-state index contributed by atoms with van der Waals surface area (Å²) < 4.78 is 5.21. The lowest BCUT2D eigenvalue weighted by molar-refractivity contribution is 0.410. The fraction of sp³-hybridized carbons (Fsp3) is 0.150. The zero-order valence-corrected chi connectivity index (χ0v) is 15.7. The van der Waals surface area contributed by atoms with Gasteiger partial charge in [0, 0.05) is 11.1 Å². The predicted molar refractivity (Wildman–Crippen MR) is 108 cm³/mol. The number of aliphatic imine (C=N–C) groups is 1. The number of nitriles is 1. The minimum atomic E-state index is -0.324. The van der Waals surface area contributed by atoms with Crippen LogP contribution in [0.1, 0.15) is 16.7 Å². The summed E-state index contributed by atoms with van der Waals surface area (Å²) in [4.78, 5) is 4.46. The van der Waals surface area contributed by atoms with E-state index in [0.29, 0.717) is 11.3 Å². The first kappa shape index (κ1) is 17.2. The van der Waals surface area contributed by atoms with Gasteiger partial charge in [-0.1, -0.05) is 41.6 Å². The second-order valence-corrected chi connectivity index (χ2v) is 7.18. The number of ether oxygens (including phenoxy) is 1. The number of hydrogen-bond acceptors (Lipinski definition) is 7. The molecule has 0 amide bonds. The van der Waals surface area contributed by atoms with E-state index in [2.05, 4.69) is 11.1 Å². The Balaban J connectivity index is 1.78. The number of fused-ring (bicyclic) bond motifs is 1. The quantitative estimate of drug-likeness (QED) is 0.889. The summed E-state index contributed by atoms with van der Waals surface area (Å²) in [6.45, 7) is 2.02. The molecule has 2 N–H and O–H groups in total. The van der Waals surface area contributed by atoms with Crippen molar-refractivity contribution >= 4 is 28.3 Å². The van der Waals surface area contributed by atoms with Crippen LogP contribution in [0.5, 0.6) is 5.75 Å². The third kappa shape index (κ3) is 3.04. The lowest BCUT2D eigenvalue weighted by Crippen LogP contribution is -2.33. The highest BCUT2D eigenvalue weighted by Crippen LogP contribution is 2.40. The van der Waals surface area contributed by atoms with E-state index >= 15 is 0 Å². The van der Waals surface area contributed by atoms with Gasteiger partial charge in [0.2, 0.25) is 0 Å². The summed E-state index contributed by atoms with van der Waals surface area (Å²) in [6.07, 6.45) is 0. The van der Waals surface area contributed by atoms with Gasteiger partial charge in [-0.2, -0.15) is 10.4 Å². The van der Waals surface area contributed by atoms with Crippen molar-refractivity contribution in [2.24, 2.45) is 15.8 Å². The van der Waals surface area contributed by atoms with Crippen molar-refractivity contribution in [1.29, 1.82) is 5.26 Å². The molecule has 1 atom stereocenters. The maximum atomic E-state index is 9.64. The van der Waals surface area contributed by atoms with Crippen molar-refractivity contribution in [3.63, 3.8) is 0 Å². The molecule has 2 aromatic rings. The Hall–Kier alpha value is -3.24. The molecular weight excluding hydrogens is 358 g/mol. The number of hydrazone groups is 1. The number of aryl methyl sites for hydroxylation is 1. The van der Waals surface area contributed by atoms with Gasteiger partial charge in [-0.25, -0.2) is 10.0 Å². The lowest BCUT2D eigenvalue weighted by Gasteiger charge is -2.27. The van der Waals surface area contributed by atoms with E-state index in [9.17, 15) is 5.26 Å². The van der Waals surface area contributed by atoms with Crippen LogP contribution in [0, 0.1) is 18.3 Å². The molecule has 134 valence electrons. The van der Waals surface area contributed by atoms with Gasteiger partial charge < -0.3 is 10.5 Å². The number of hydrogen-bond donors (Lipinski definition) is 1. The smallest absolute Gasteiger partial charge is 0.197 e. The van der Waals surface area contributed by atoms with Crippen LogP contribution in [0.15, 0.2) is 64.2 Å². The Labute approximate surface area is 161 Å². The summed E-state index contributed by atoms with van der Waals surface area (Å²) in [6, 6.07) is 17.8. The standard InChI is InChI=1S/C20H17N5OS/c1-12-3-5-13(6-4-12)17-16(11-21)18(22)23-20-25(17)24-19(27-20)14-7-9-15(26-2)10-8-14/h3-10,20H,1-2H3,(H2,22,23). The number of rotatable bonds is 3. The number of benzene rings is 2. The van der Waals surface area contributed by atoms with Crippen molar-refractivity contribution in [2.75, 3.05) is 7.11 Å². The molecule has 0 bridgehead atoms. The summed E-state index contributed by atoms with van der Waals surface area (Å²) in [5, 5.41) is 17.0. The number of nitrogens with two attached hydrogens (primary N) is 1. The topological polar surface area (TPSA) is 87.0 Å². The molecule has 2 aliphatic rings. The average molecular weight is 375 g/mol. The second kappa shape index (κ2) is 6.82. The van der Waals surface area contributed by atoms with Gasteiger partial charge in [-0.3, -0.25) is 0 Å². The highest BCUT2D eigenvalue weighted by molar-refractivity contribution is 8.15. The zero-order valence-electron chi connectivity index (χ0n) is 14.9. The average Bonchev–Trinajstić information content (AvgIpc) is 3.11. The molecule has 27 heavy (non-hydrogen) atoms. The molecule has 0 saturated carbocycles. The molecule has 0 aliphatic carbocycles. The first-order chi connectivity index (χ1) is 13.1. The van der Waals surface area contributed by atoms with Gasteiger partial charge >= 0.3 is 0 Å². The molecule has 0 saturated heterocycles. The first-order valence-electron chi connectivity index (χ1n) is 8.34. The van der Waals surface area contributed by atoms with Crippen molar-refractivity contribution in [3.8, 4) is 11.8 Å². The van der Waals surface area contributed by atoms with Gasteiger partial charge in [-0.15, -0.1) is 0 Å². The molecule has 4 rings (SSSR count). The van der Waals surface area contributed by atoms with E-state index in [0.717, 1.165) is 27.5 Å². The second-order valence-electron chi connectivity index (χ2n) is 6.14. The largest absolute Gasteiger partial charge is 0.497 e. The molecule has 2 heterocycles. The van der Waals surface area contributed by atoms with Crippen molar-refractivity contribution in [3.05, 3.63) is 70.8 Å². The molecule has 0 fully saturated rings. The molecule has 0 radical (unpaired) electrons. The van der Waals surface area contributed by atoms with Gasteiger partial charge in [0.05, 0.1) is 12.8 Å². The van der Waals surface area contributed by atoms with E-state index in [1.54, 1.807) is 12.1 Å². The summed E-state index contributed by atoms with van der Waals surface area (Å²) >= 11 is 1.50. The molecule has 6 nitrogen and oxygen atoms in total. The minimum Gasteiger partial charge on any atom is -0.497 e. The molecule has 0 spiro atoms. The van der Waals surface area contributed by atoms with Gasteiger partial charge in [0.1, 0.15) is 28.3 Å². The minimum absolute atomic E-state index is 0.244. The van der Waals surface area contributed by atoms with Crippen molar-refractivity contribution < 1.29 is 4.74 Å². The maximum absolute atomic E-state index is 9.64. The van der Waals surface area contributed by atoms with Crippen LogP contribution < -0.4 is 10.5 Å². The Morgan fingerprint density at radius 3 is 2.41 bits per heavy atom. The van der Waals surface area contributed by atoms with Crippen LogP contribution >= 0.6 is 11.8 Å². The normalized spacial score (nSPS) is 18.6. The third-order valence-corrected chi connectivity index (χ3v) is 5.43. The Bertz CT molecular complexity index is 1020. The van der Waals surface area contributed by atoms with Gasteiger partial charge in [0.25, 0.3) is 0 Å². The van der Waals surface area contributed by atoms with Gasteiger partial charge in [0.15, 0.2) is 5.50 Å². The van der Waals surface area contributed by atoms with Crippen LogP contribution in [-0.4, -0.2) is 28.5 Å².